The van der Waals surface area contributed by atoms with Gasteiger partial charge in [0.2, 0.25) is 0 Å². The fraction of sp³-hybridized carbons (Fsp3) is 0.350. The molecule has 2 aliphatic rings. The van der Waals surface area contributed by atoms with Crippen molar-refractivity contribution in [2.45, 2.75) is 19.4 Å². The number of aromatic nitrogens is 1. The molecule has 1 N–H and O–H groups in total. The van der Waals surface area contributed by atoms with E-state index in [4.69, 9.17) is 9.84 Å². The Kier molecular flexibility index (Phi) is 4.66. The van der Waals surface area contributed by atoms with Gasteiger partial charge in [0, 0.05) is 31.4 Å². The quantitative estimate of drug-likeness (QED) is 0.897. The van der Waals surface area contributed by atoms with Crippen molar-refractivity contribution in [3.8, 4) is 5.75 Å². The number of rotatable bonds is 3. The average molecular weight is 367 g/mol. The van der Waals surface area contributed by atoms with E-state index in [1.54, 1.807) is 23.2 Å². The largest absolute Gasteiger partial charge is 0.491 e. The molecule has 1 fully saturated rings. The Hall–Kier alpha value is -3.09. The molecule has 0 spiro atoms. The number of pyridine rings is 1. The fourth-order valence-electron chi connectivity index (χ4n) is 3.59. The minimum atomic E-state index is -0.996. The Morgan fingerprint density at radius 2 is 1.93 bits per heavy atom. The van der Waals surface area contributed by atoms with Crippen molar-refractivity contribution in [1.29, 1.82) is 0 Å². The number of aromatic carboxylic acids is 1. The number of carbonyl (C=O) groups is 2. The second-order valence-corrected chi connectivity index (χ2v) is 6.77. The summed E-state index contributed by atoms with van der Waals surface area (Å²) in [6.45, 7) is 2.97. The van der Waals surface area contributed by atoms with E-state index in [9.17, 15) is 9.59 Å². The highest BCUT2D eigenvalue weighted by atomic mass is 16.5. The highest BCUT2D eigenvalue weighted by Crippen LogP contribution is 2.28. The van der Waals surface area contributed by atoms with Crippen LogP contribution in [0.4, 0.5) is 5.82 Å². The molecule has 27 heavy (non-hydrogen) atoms. The van der Waals surface area contributed by atoms with E-state index in [0.717, 1.165) is 37.3 Å². The molecule has 0 saturated carbocycles. The highest BCUT2D eigenvalue weighted by molar-refractivity contribution is 5.99. The lowest BCUT2D eigenvalue weighted by Crippen LogP contribution is -2.34. The Morgan fingerprint density at radius 3 is 2.70 bits per heavy atom. The van der Waals surface area contributed by atoms with Gasteiger partial charge in [0.05, 0.1) is 17.7 Å². The second-order valence-electron chi connectivity index (χ2n) is 6.77. The average Bonchev–Trinajstić information content (AvgIpc) is 3.13. The molecule has 2 aliphatic heterocycles. The summed E-state index contributed by atoms with van der Waals surface area (Å²) in [7, 11) is 0. The van der Waals surface area contributed by atoms with Gasteiger partial charge in [-0.3, -0.25) is 4.79 Å². The number of anilines is 1. The monoisotopic (exact) mass is 367 g/mol. The molecule has 7 nitrogen and oxygen atoms in total. The van der Waals surface area contributed by atoms with Crippen molar-refractivity contribution in [2.24, 2.45) is 0 Å². The Labute approximate surface area is 157 Å². The number of benzene rings is 1. The molecule has 0 atom stereocenters. The van der Waals surface area contributed by atoms with Crippen molar-refractivity contribution in [1.82, 2.24) is 9.88 Å². The number of carboxylic acids is 1. The van der Waals surface area contributed by atoms with Crippen molar-refractivity contribution >= 4 is 17.7 Å². The number of ether oxygens (including phenoxy) is 1. The third-order valence-corrected chi connectivity index (χ3v) is 5.00. The molecular weight excluding hydrogens is 346 g/mol. The Morgan fingerprint density at radius 1 is 1.11 bits per heavy atom. The maximum Gasteiger partial charge on any atom is 0.335 e. The van der Waals surface area contributed by atoms with Gasteiger partial charge in [-0.15, -0.1) is 0 Å². The maximum atomic E-state index is 13.2. The van der Waals surface area contributed by atoms with E-state index in [-0.39, 0.29) is 11.5 Å². The number of carbonyl (C=O) groups excluding carboxylic acids is 1. The number of hydrogen-bond donors (Lipinski definition) is 1. The van der Waals surface area contributed by atoms with Gasteiger partial charge < -0.3 is 19.6 Å². The van der Waals surface area contributed by atoms with Crippen molar-refractivity contribution in [2.75, 3.05) is 31.1 Å². The summed E-state index contributed by atoms with van der Waals surface area (Å²) >= 11 is 0. The van der Waals surface area contributed by atoms with Crippen LogP contribution in [0.5, 0.6) is 5.75 Å². The van der Waals surface area contributed by atoms with E-state index < -0.39 is 5.97 Å². The van der Waals surface area contributed by atoms with Gasteiger partial charge in [-0.05, 0) is 37.1 Å². The van der Waals surface area contributed by atoms with Crippen LogP contribution in [0.2, 0.25) is 0 Å². The topological polar surface area (TPSA) is 83.0 Å². The Balaban J connectivity index is 1.61. The van der Waals surface area contributed by atoms with Crippen LogP contribution in [0.25, 0.3) is 0 Å². The molecular formula is C20H21N3O4. The molecule has 1 amide bonds. The summed E-state index contributed by atoms with van der Waals surface area (Å²) in [4.78, 5) is 32.7. The van der Waals surface area contributed by atoms with Crippen LogP contribution >= 0.6 is 0 Å². The second kappa shape index (κ2) is 7.26. The zero-order chi connectivity index (χ0) is 18.8. The van der Waals surface area contributed by atoms with Crippen LogP contribution in [0.15, 0.2) is 36.5 Å². The number of fused-ring (bicyclic) bond motifs is 1. The van der Waals surface area contributed by atoms with Crippen LogP contribution in [0, 0.1) is 0 Å². The highest BCUT2D eigenvalue weighted by Gasteiger charge is 2.26. The van der Waals surface area contributed by atoms with Crippen molar-refractivity contribution in [3.05, 3.63) is 53.2 Å². The van der Waals surface area contributed by atoms with Gasteiger partial charge in [0.15, 0.2) is 0 Å². The van der Waals surface area contributed by atoms with Crippen molar-refractivity contribution < 1.29 is 19.4 Å². The van der Waals surface area contributed by atoms with Crippen LogP contribution < -0.4 is 9.64 Å². The first-order valence-electron chi connectivity index (χ1n) is 9.12. The van der Waals surface area contributed by atoms with E-state index in [0.29, 0.717) is 31.0 Å². The van der Waals surface area contributed by atoms with Gasteiger partial charge in [0.1, 0.15) is 18.2 Å². The van der Waals surface area contributed by atoms with Crippen LogP contribution in [-0.2, 0) is 6.54 Å². The van der Waals surface area contributed by atoms with Crippen molar-refractivity contribution in [3.63, 3.8) is 0 Å². The SMILES string of the molecule is O=C(O)c1ccc2c(c1)OCCN(C(=O)c1cccnc1N1CCCC1)C2. The van der Waals surface area contributed by atoms with E-state index in [1.807, 2.05) is 6.07 Å². The molecule has 0 radical (unpaired) electrons. The molecule has 3 heterocycles. The van der Waals surface area contributed by atoms with E-state index >= 15 is 0 Å². The lowest BCUT2D eigenvalue weighted by Gasteiger charge is -2.24. The number of nitrogens with zero attached hydrogens (tertiary/aromatic N) is 3. The van der Waals surface area contributed by atoms with Crippen LogP contribution in [-0.4, -0.2) is 53.1 Å². The van der Waals surface area contributed by atoms with Crippen LogP contribution in [0.3, 0.4) is 0 Å². The molecule has 1 aromatic heterocycles. The van der Waals surface area contributed by atoms with E-state index in [1.165, 1.54) is 12.1 Å². The molecule has 0 bridgehead atoms. The van der Waals surface area contributed by atoms with Gasteiger partial charge in [0.25, 0.3) is 5.91 Å². The Bertz CT molecular complexity index is 877. The standard InChI is InChI=1S/C20H21N3O4/c24-19(16-4-3-7-21-18(16)22-8-1-2-9-22)23-10-11-27-17-12-14(20(25)26)5-6-15(17)13-23/h3-7,12H,1-2,8-11,13H2,(H,25,26). The zero-order valence-electron chi connectivity index (χ0n) is 14.9. The summed E-state index contributed by atoms with van der Waals surface area (Å²) in [5.41, 5.74) is 1.58. The number of amides is 1. The van der Waals surface area contributed by atoms with Crippen LogP contribution in [0.1, 0.15) is 39.1 Å². The summed E-state index contributed by atoms with van der Waals surface area (Å²) in [6.07, 6.45) is 3.95. The molecule has 2 aromatic rings. The van der Waals surface area contributed by atoms with Gasteiger partial charge in [-0.25, -0.2) is 9.78 Å². The number of carboxylic acid groups (broad SMARTS) is 1. The first-order valence-corrected chi connectivity index (χ1v) is 9.12. The minimum absolute atomic E-state index is 0.0799. The molecule has 1 saturated heterocycles. The maximum absolute atomic E-state index is 13.2. The first-order chi connectivity index (χ1) is 13.1. The van der Waals surface area contributed by atoms with E-state index in [2.05, 4.69) is 9.88 Å². The predicted octanol–water partition coefficient (Wildman–Crippen LogP) is 2.41. The van der Waals surface area contributed by atoms with Gasteiger partial charge >= 0.3 is 5.97 Å². The third-order valence-electron chi connectivity index (χ3n) is 5.00. The molecule has 7 heteroatoms. The lowest BCUT2D eigenvalue weighted by molar-refractivity contribution is 0.0695. The predicted molar refractivity (Wildman–Crippen MR) is 99.3 cm³/mol. The first kappa shape index (κ1) is 17.3. The zero-order valence-corrected chi connectivity index (χ0v) is 14.9. The summed E-state index contributed by atoms with van der Waals surface area (Å²) in [5.74, 6) is 0.190. The smallest absolute Gasteiger partial charge is 0.335 e. The molecule has 1 aromatic carbocycles. The molecule has 4 rings (SSSR count). The van der Waals surface area contributed by atoms with Gasteiger partial charge in [-0.2, -0.15) is 0 Å². The molecule has 140 valence electrons. The van der Waals surface area contributed by atoms with Gasteiger partial charge in [-0.1, -0.05) is 6.07 Å². The summed E-state index contributed by atoms with van der Waals surface area (Å²) < 4.78 is 5.70. The molecule has 0 unspecified atom stereocenters. The number of hydrogen-bond acceptors (Lipinski definition) is 5. The summed E-state index contributed by atoms with van der Waals surface area (Å²) in [5, 5.41) is 9.15. The fourth-order valence-corrected chi connectivity index (χ4v) is 3.59. The lowest BCUT2D eigenvalue weighted by atomic mass is 10.1. The minimum Gasteiger partial charge on any atom is -0.491 e. The normalized spacial score (nSPS) is 16.4. The third kappa shape index (κ3) is 3.45. The summed E-state index contributed by atoms with van der Waals surface area (Å²) in [6, 6.07) is 8.38. The molecule has 0 aliphatic carbocycles.